The number of benzene rings is 1. The van der Waals surface area contributed by atoms with Gasteiger partial charge in [-0.15, -0.1) is 0 Å². The van der Waals surface area contributed by atoms with Crippen LogP contribution in [0.3, 0.4) is 0 Å². The molecule has 0 aliphatic heterocycles. The van der Waals surface area contributed by atoms with Crippen LogP contribution in [0.5, 0.6) is 0 Å². The number of anilines is 1. The summed E-state index contributed by atoms with van der Waals surface area (Å²) in [6.07, 6.45) is 0.535. The van der Waals surface area contributed by atoms with E-state index in [-0.39, 0.29) is 54.2 Å². The zero-order valence-corrected chi connectivity index (χ0v) is 21.0. The molecule has 1 aliphatic carbocycles. The summed E-state index contributed by atoms with van der Waals surface area (Å²) in [7, 11) is -8.91. The molecule has 0 bridgehead atoms. The van der Waals surface area contributed by atoms with Gasteiger partial charge < -0.3 is 14.8 Å². The van der Waals surface area contributed by atoms with Gasteiger partial charge in [0.1, 0.15) is 22.5 Å². The molecule has 0 radical (unpaired) electrons. The van der Waals surface area contributed by atoms with Crippen molar-refractivity contribution in [1.29, 1.82) is 5.26 Å². The number of aromatic nitrogens is 2. The summed E-state index contributed by atoms with van der Waals surface area (Å²) < 4.78 is 78.0. The van der Waals surface area contributed by atoms with E-state index in [1.54, 1.807) is 13.8 Å². The SMILES string of the molecule is COC(=O)C1(c2c(C#N)nn(-c3c(Cl)cc(S(F)(F)(F)(F)F)cc3Cl)c2NCCOC(C)C)CC1. The first-order valence-electron chi connectivity index (χ1n) is 10.2. The summed E-state index contributed by atoms with van der Waals surface area (Å²) in [6, 6.07) is 1.96. The second-order valence-corrected chi connectivity index (χ2v) is 11.4. The van der Waals surface area contributed by atoms with Crippen molar-refractivity contribution in [2.75, 3.05) is 25.6 Å². The van der Waals surface area contributed by atoms with Crippen molar-refractivity contribution >= 4 is 45.2 Å². The van der Waals surface area contributed by atoms with Gasteiger partial charge in [-0.05, 0) is 38.8 Å². The summed E-state index contributed by atoms with van der Waals surface area (Å²) in [4.78, 5) is 10.3. The number of methoxy groups -OCH3 is 1. The molecule has 194 valence electrons. The highest BCUT2D eigenvalue weighted by Gasteiger charge is 2.65. The largest absolute Gasteiger partial charge is 0.468 e. The Morgan fingerprint density at radius 3 is 2.26 bits per heavy atom. The zero-order chi connectivity index (χ0) is 26.5. The van der Waals surface area contributed by atoms with Crippen LogP contribution in [-0.4, -0.2) is 42.1 Å². The Balaban J connectivity index is 2.23. The van der Waals surface area contributed by atoms with E-state index in [9.17, 15) is 29.5 Å². The van der Waals surface area contributed by atoms with Gasteiger partial charge in [0.05, 0.1) is 40.8 Å². The average molecular weight is 563 g/mol. The van der Waals surface area contributed by atoms with E-state index in [4.69, 9.17) is 32.7 Å². The van der Waals surface area contributed by atoms with Gasteiger partial charge in [-0.2, -0.15) is 10.4 Å². The van der Waals surface area contributed by atoms with Gasteiger partial charge in [0.2, 0.25) is 0 Å². The molecule has 2 aromatic rings. The van der Waals surface area contributed by atoms with Crippen LogP contribution in [0.1, 0.15) is 37.9 Å². The standard InChI is InChI=1S/C20H21Cl2F5N4O3S/c1-11(2)34-7-6-29-18-16(20(4-5-20)19(32)33-3)15(10-28)30-31(18)17-13(21)8-12(9-14(17)22)35(23,24,25,26)27/h8-9,11,29H,4-7H2,1-3H3. The lowest BCUT2D eigenvalue weighted by Gasteiger charge is -2.40. The molecule has 0 unspecified atom stereocenters. The highest BCUT2D eigenvalue weighted by molar-refractivity contribution is 8.45. The van der Waals surface area contributed by atoms with Crippen LogP contribution in [0.25, 0.3) is 5.69 Å². The third-order valence-electron chi connectivity index (χ3n) is 5.29. The second kappa shape index (κ2) is 8.40. The maximum absolute atomic E-state index is 13.3. The normalized spacial score (nSPS) is 16.9. The van der Waals surface area contributed by atoms with E-state index in [1.807, 2.05) is 6.07 Å². The molecule has 0 amide bonds. The van der Waals surface area contributed by atoms with Crippen molar-refractivity contribution in [3.05, 3.63) is 33.4 Å². The fraction of sp³-hybridized carbons (Fsp3) is 0.450. The van der Waals surface area contributed by atoms with Gasteiger partial charge in [-0.1, -0.05) is 42.6 Å². The number of carbonyl (C=O) groups is 1. The lowest BCUT2D eigenvalue weighted by atomic mass is 9.95. The van der Waals surface area contributed by atoms with Crippen molar-refractivity contribution in [2.45, 2.75) is 43.1 Å². The molecule has 1 aromatic carbocycles. The minimum Gasteiger partial charge on any atom is -0.468 e. The summed E-state index contributed by atoms with van der Waals surface area (Å²) in [5.41, 5.74) is -1.69. The van der Waals surface area contributed by atoms with Crippen LogP contribution in [-0.2, 0) is 19.7 Å². The maximum Gasteiger partial charge on any atom is 0.316 e. The van der Waals surface area contributed by atoms with Crippen molar-refractivity contribution in [1.82, 2.24) is 9.78 Å². The van der Waals surface area contributed by atoms with Crippen molar-refractivity contribution in [3.63, 3.8) is 0 Å². The Hall–Kier alpha value is -2.27. The van der Waals surface area contributed by atoms with Crippen LogP contribution in [0.4, 0.5) is 25.2 Å². The molecule has 1 saturated carbocycles. The van der Waals surface area contributed by atoms with E-state index in [2.05, 4.69) is 10.4 Å². The van der Waals surface area contributed by atoms with Gasteiger partial charge in [0.15, 0.2) is 5.69 Å². The van der Waals surface area contributed by atoms with Crippen LogP contribution < -0.4 is 5.32 Å². The molecule has 1 aliphatic rings. The lowest BCUT2D eigenvalue weighted by molar-refractivity contribution is -0.143. The number of hydrogen-bond donors (Lipinski definition) is 1. The Kier molecular flexibility index (Phi) is 6.56. The van der Waals surface area contributed by atoms with Gasteiger partial charge in [0, 0.05) is 6.54 Å². The first kappa shape index (κ1) is 27.3. The average Bonchev–Trinajstić information content (AvgIpc) is 3.44. The number of nitrogens with zero attached hydrogens (tertiary/aromatic N) is 3. The number of rotatable bonds is 9. The quantitative estimate of drug-likeness (QED) is 0.206. The van der Waals surface area contributed by atoms with E-state index in [0.29, 0.717) is 12.8 Å². The van der Waals surface area contributed by atoms with Crippen LogP contribution in [0.2, 0.25) is 10.0 Å². The van der Waals surface area contributed by atoms with Crippen LogP contribution in [0, 0.1) is 11.3 Å². The predicted octanol–water partition coefficient (Wildman–Crippen LogP) is 6.75. The van der Waals surface area contributed by atoms with Gasteiger partial charge >= 0.3 is 16.2 Å². The third-order valence-corrected chi connectivity index (χ3v) is 6.99. The van der Waals surface area contributed by atoms with Gasteiger partial charge in [0.25, 0.3) is 0 Å². The highest BCUT2D eigenvalue weighted by atomic mass is 35.5. The molecule has 7 nitrogen and oxygen atoms in total. The van der Waals surface area contributed by atoms with Crippen LogP contribution in [0.15, 0.2) is 17.0 Å². The number of nitrogens with one attached hydrogen (secondary N) is 1. The molecule has 1 heterocycles. The molecule has 1 aromatic heterocycles. The molecule has 35 heavy (non-hydrogen) atoms. The minimum absolute atomic E-state index is 0.0284. The number of nitriles is 1. The Bertz CT molecular complexity index is 1200. The fourth-order valence-corrected chi connectivity index (χ4v) is 5.04. The van der Waals surface area contributed by atoms with E-state index >= 15 is 0 Å². The van der Waals surface area contributed by atoms with E-state index < -0.39 is 36.5 Å². The maximum atomic E-state index is 13.3. The van der Waals surface area contributed by atoms with Gasteiger partial charge in [-0.25, -0.2) is 4.68 Å². The summed E-state index contributed by atoms with van der Waals surface area (Å²) in [6.45, 7) is 3.93. The molecule has 0 spiro atoms. The smallest absolute Gasteiger partial charge is 0.316 e. The molecule has 1 N–H and O–H groups in total. The predicted molar refractivity (Wildman–Crippen MR) is 122 cm³/mol. The topological polar surface area (TPSA) is 89.2 Å². The van der Waals surface area contributed by atoms with Crippen molar-refractivity contribution in [2.24, 2.45) is 0 Å². The minimum atomic E-state index is -10.1. The molecule has 3 rings (SSSR count). The van der Waals surface area contributed by atoms with Crippen molar-refractivity contribution in [3.8, 4) is 11.8 Å². The summed E-state index contributed by atoms with van der Waals surface area (Å²) in [5, 5.41) is 15.2. The summed E-state index contributed by atoms with van der Waals surface area (Å²) in [5.74, 6) is -0.607. The summed E-state index contributed by atoms with van der Waals surface area (Å²) >= 11 is 12.0. The molecule has 15 heteroatoms. The van der Waals surface area contributed by atoms with E-state index in [1.165, 1.54) is 7.11 Å². The molecular weight excluding hydrogens is 542 g/mol. The molecular formula is C20H21Cl2F5N4O3S. The Morgan fingerprint density at radius 1 is 1.26 bits per heavy atom. The van der Waals surface area contributed by atoms with E-state index in [0.717, 1.165) is 4.68 Å². The third kappa shape index (κ3) is 5.45. The first-order chi connectivity index (χ1) is 15.9. The van der Waals surface area contributed by atoms with Gasteiger partial charge in [-0.3, -0.25) is 4.79 Å². The Labute approximate surface area is 207 Å². The molecule has 0 atom stereocenters. The number of halogens is 7. The zero-order valence-electron chi connectivity index (χ0n) is 18.7. The van der Waals surface area contributed by atoms with Crippen LogP contribution >= 0.6 is 33.4 Å². The second-order valence-electron chi connectivity index (χ2n) is 8.22. The highest BCUT2D eigenvalue weighted by Crippen LogP contribution is 3.02. The molecule has 1 fully saturated rings. The van der Waals surface area contributed by atoms with Crippen molar-refractivity contribution < 1.29 is 33.7 Å². The lowest BCUT2D eigenvalue weighted by Crippen LogP contribution is -2.25. The molecule has 0 saturated heterocycles. The Morgan fingerprint density at radius 2 is 1.83 bits per heavy atom. The first-order valence-corrected chi connectivity index (χ1v) is 12.9. The number of esters is 1. The number of hydrogen-bond acceptors (Lipinski definition) is 6. The number of ether oxygens (including phenoxy) is 2. The number of carbonyl (C=O) groups excluding carboxylic acids is 1. The monoisotopic (exact) mass is 562 g/mol. The fourth-order valence-electron chi connectivity index (χ4n) is 3.58.